The zero-order valence-corrected chi connectivity index (χ0v) is 26.9. The van der Waals surface area contributed by atoms with Gasteiger partial charge in [-0.05, 0) is 73.4 Å². The number of carbonyl (C=O) groups excluding carboxylic acids is 2. The quantitative estimate of drug-likeness (QED) is 0.153. The lowest BCUT2D eigenvalue weighted by molar-refractivity contribution is -0.118. The maximum atomic E-state index is 13.9. The lowest BCUT2D eigenvalue weighted by atomic mass is 9.84. The number of amides is 2. The molecule has 46 heavy (non-hydrogen) atoms. The summed E-state index contributed by atoms with van der Waals surface area (Å²) in [6, 6.07) is 29.4. The van der Waals surface area contributed by atoms with E-state index < -0.39 is 52.7 Å². The summed E-state index contributed by atoms with van der Waals surface area (Å²) in [5.74, 6) is -1.02. The van der Waals surface area contributed by atoms with Crippen LogP contribution in [0.15, 0.2) is 114 Å². The molecule has 0 fully saturated rings. The highest BCUT2D eigenvalue weighted by Gasteiger charge is 2.35. The normalized spacial score (nSPS) is 12.9. The number of hydrogen-bond donors (Lipinski definition) is 4. The molecule has 4 aromatic carbocycles. The van der Waals surface area contributed by atoms with Gasteiger partial charge in [0.05, 0.1) is 24.7 Å². The molecule has 0 radical (unpaired) electrons. The second-order valence-corrected chi connectivity index (χ2v) is 13.0. The highest BCUT2D eigenvalue weighted by atomic mass is 32.2. The Bertz CT molecular complexity index is 1660. The largest absolute Gasteiger partial charge is 0.453 e. The number of alkyl carbamates (subject to hydrolysis) is 1. The summed E-state index contributed by atoms with van der Waals surface area (Å²) >= 11 is 0. The van der Waals surface area contributed by atoms with Crippen molar-refractivity contribution in [3.05, 3.63) is 126 Å². The molecule has 242 valence electrons. The zero-order chi connectivity index (χ0) is 33.3. The van der Waals surface area contributed by atoms with Crippen molar-refractivity contribution in [2.45, 2.75) is 49.2 Å². The number of sulfonamides is 1. The molecule has 10 nitrogen and oxygen atoms in total. The molecule has 0 spiro atoms. The number of hydrogen-bond acceptors (Lipinski definition) is 7. The van der Waals surface area contributed by atoms with Gasteiger partial charge in [0.2, 0.25) is 15.9 Å². The Labute approximate surface area is 270 Å². The van der Waals surface area contributed by atoms with Gasteiger partial charge < -0.3 is 26.2 Å². The molecule has 2 amide bonds. The number of methoxy groups -OCH3 is 1. The number of aliphatic hydroxyl groups is 1. The molecule has 0 saturated heterocycles. The van der Waals surface area contributed by atoms with E-state index in [-0.39, 0.29) is 11.3 Å². The number of anilines is 2. The van der Waals surface area contributed by atoms with Crippen LogP contribution in [0.25, 0.3) is 0 Å². The summed E-state index contributed by atoms with van der Waals surface area (Å²) in [5, 5.41) is 16.0. The van der Waals surface area contributed by atoms with Crippen LogP contribution in [-0.2, 0) is 26.0 Å². The average Bonchev–Trinajstić information content (AvgIpc) is 3.05. The minimum absolute atomic E-state index is 0.0744. The van der Waals surface area contributed by atoms with Crippen LogP contribution in [0.1, 0.15) is 36.5 Å². The fourth-order valence-corrected chi connectivity index (χ4v) is 7.36. The zero-order valence-electron chi connectivity index (χ0n) is 26.0. The second kappa shape index (κ2) is 15.5. The standard InChI is InChI=1S/C35H40N4O6S/c1-24(2)39(46(43,44)31-19-17-28(36)18-20-31)30(23-40)22-25-11-10-16-29(21-25)37-34(41)33(38-35(42)45-3)32(26-12-6-4-7-13-26)27-14-8-5-9-15-27/h4-21,24,30,32-33,40H,22-23,36H2,1-3H3,(H,37,41)(H,38,42)/t30-,33-/m0/s1. The van der Waals surface area contributed by atoms with E-state index in [9.17, 15) is 23.1 Å². The number of nitrogen functional groups attached to an aromatic ring is 1. The van der Waals surface area contributed by atoms with Crippen molar-refractivity contribution < 1.29 is 27.9 Å². The molecule has 0 saturated carbocycles. The van der Waals surface area contributed by atoms with E-state index in [0.29, 0.717) is 16.9 Å². The maximum absolute atomic E-state index is 13.9. The number of nitrogens with one attached hydrogen (secondary N) is 2. The minimum atomic E-state index is -3.97. The molecule has 0 aliphatic heterocycles. The molecule has 11 heteroatoms. The van der Waals surface area contributed by atoms with Gasteiger partial charge in [0, 0.05) is 23.3 Å². The first-order chi connectivity index (χ1) is 22.0. The summed E-state index contributed by atoms with van der Waals surface area (Å²) in [5.41, 5.74) is 8.97. The number of nitrogens with zero attached hydrogens (tertiary/aromatic N) is 1. The summed E-state index contributed by atoms with van der Waals surface area (Å²) in [7, 11) is -2.73. The number of rotatable bonds is 13. The lowest BCUT2D eigenvalue weighted by Crippen LogP contribution is -2.48. The van der Waals surface area contributed by atoms with E-state index >= 15 is 0 Å². The molecule has 0 unspecified atom stereocenters. The number of carbonyl (C=O) groups is 2. The number of nitrogens with two attached hydrogens (primary N) is 1. The average molecular weight is 645 g/mol. The smallest absolute Gasteiger partial charge is 0.407 e. The monoisotopic (exact) mass is 644 g/mol. The molecule has 0 aromatic heterocycles. The predicted molar refractivity (Wildman–Crippen MR) is 179 cm³/mol. The van der Waals surface area contributed by atoms with Crippen LogP contribution in [0.4, 0.5) is 16.2 Å². The SMILES string of the molecule is COC(=O)N[C@H](C(=O)Nc1cccc(C[C@@H](CO)N(C(C)C)S(=O)(=O)c2ccc(N)cc2)c1)C(c1ccccc1)c1ccccc1. The Morgan fingerprint density at radius 2 is 1.46 bits per heavy atom. The van der Waals surface area contributed by atoms with E-state index in [2.05, 4.69) is 10.6 Å². The summed E-state index contributed by atoms with van der Waals surface area (Å²) in [6.45, 7) is 3.07. The van der Waals surface area contributed by atoms with Crippen LogP contribution in [0.3, 0.4) is 0 Å². The number of benzene rings is 4. The Hall–Kier alpha value is -4.71. The number of ether oxygens (including phenoxy) is 1. The molecule has 2 atom stereocenters. The van der Waals surface area contributed by atoms with Crippen LogP contribution in [-0.4, -0.2) is 61.7 Å². The summed E-state index contributed by atoms with van der Waals surface area (Å²) in [6.07, 6.45) is -0.583. The van der Waals surface area contributed by atoms with Gasteiger partial charge in [-0.25, -0.2) is 13.2 Å². The van der Waals surface area contributed by atoms with Crippen molar-refractivity contribution in [1.82, 2.24) is 9.62 Å². The number of aliphatic hydroxyl groups excluding tert-OH is 1. The molecule has 4 aromatic rings. The molecule has 5 N–H and O–H groups in total. The highest BCUT2D eigenvalue weighted by molar-refractivity contribution is 7.89. The van der Waals surface area contributed by atoms with Gasteiger partial charge in [-0.2, -0.15) is 4.31 Å². The third-order valence-corrected chi connectivity index (χ3v) is 9.74. The van der Waals surface area contributed by atoms with E-state index in [4.69, 9.17) is 10.5 Å². The molecular weight excluding hydrogens is 604 g/mol. The van der Waals surface area contributed by atoms with Crippen molar-refractivity contribution in [2.75, 3.05) is 24.8 Å². The van der Waals surface area contributed by atoms with Crippen LogP contribution in [0.2, 0.25) is 0 Å². The predicted octanol–water partition coefficient (Wildman–Crippen LogP) is 4.77. The van der Waals surface area contributed by atoms with Gasteiger partial charge in [0.15, 0.2) is 0 Å². The molecule has 0 aliphatic carbocycles. The van der Waals surface area contributed by atoms with Gasteiger partial charge >= 0.3 is 6.09 Å². The van der Waals surface area contributed by atoms with E-state index in [1.165, 1.54) is 35.7 Å². The first-order valence-corrected chi connectivity index (χ1v) is 16.3. The highest BCUT2D eigenvalue weighted by Crippen LogP contribution is 2.30. The Morgan fingerprint density at radius 1 is 0.870 bits per heavy atom. The van der Waals surface area contributed by atoms with Gasteiger partial charge in [-0.3, -0.25) is 4.79 Å². The van der Waals surface area contributed by atoms with Gasteiger partial charge in [-0.15, -0.1) is 0 Å². The van der Waals surface area contributed by atoms with Crippen molar-refractivity contribution in [2.24, 2.45) is 0 Å². The Kier molecular flexibility index (Phi) is 11.5. The fourth-order valence-electron chi connectivity index (χ4n) is 5.54. The first kappa shape index (κ1) is 34.2. The molecule has 0 heterocycles. The summed E-state index contributed by atoms with van der Waals surface area (Å²) < 4.78 is 33.5. The van der Waals surface area contributed by atoms with Crippen molar-refractivity contribution in [3.8, 4) is 0 Å². The fraction of sp³-hybridized carbons (Fsp3) is 0.257. The Balaban J connectivity index is 1.62. The van der Waals surface area contributed by atoms with Gasteiger partial charge in [0.25, 0.3) is 0 Å². The van der Waals surface area contributed by atoms with Crippen LogP contribution in [0, 0.1) is 0 Å². The van der Waals surface area contributed by atoms with Crippen molar-refractivity contribution >= 4 is 33.4 Å². The topological polar surface area (TPSA) is 151 Å². The van der Waals surface area contributed by atoms with Gasteiger partial charge in [0.1, 0.15) is 6.04 Å². The summed E-state index contributed by atoms with van der Waals surface area (Å²) in [4.78, 5) is 26.5. The van der Waals surface area contributed by atoms with Crippen molar-refractivity contribution in [1.29, 1.82) is 0 Å². The molecule has 0 aliphatic rings. The third-order valence-electron chi connectivity index (χ3n) is 7.59. The van der Waals surface area contributed by atoms with Crippen molar-refractivity contribution in [3.63, 3.8) is 0 Å². The van der Waals surface area contributed by atoms with Crippen LogP contribution in [0.5, 0.6) is 0 Å². The second-order valence-electron chi connectivity index (χ2n) is 11.1. The maximum Gasteiger partial charge on any atom is 0.407 e. The van der Waals surface area contributed by atoms with Crippen LogP contribution < -0.4 is 16.4 Å². The lowest BCUT2D eigenvalue weighted by Gasteiger charge is -2.33. The van der Waals surface area contributed by atoms with E-state index in [1.807, 2.05) is 60.7 Å². The minimum Gasteiger partial charge on any atom is -0.453 e. The third kappa shape index (κ3) is 8.30. The van der Waals surface area contributed by atoms with Crippen LogP contribution >= 0.6 is 0 Å². The molecule has 4 rings (SSSR count). The molecule has 0 bridgehead atoms. The first-order valence-electron chi connectivity index (χ1n) is 14.9. The molecular formula is C35H40N4O6S. The van der Waals surface area contributed by atoms with E-state index in [1.54, 1.807) is 38.1 Å². The van der Waals surface area contributed by atoms with E-state index in [0.717, 1.165) is 11.1 Å². The Morgan fingerprint density at radius 3 is 1.98 bits per heavy atom. The van der Waals surface area contributed by atoms with Gasteiger partial charge in [-0.1, -0.05) is 72.8 Å².